The minimum absolute atomic E-state index is 0.0597. The monoisotopic (exact) mass is 559 g/mol. The number of ether oxygens (including phenoxy) is 3. The minimum Gasteiger partial charge on any atom is -0.493 e. The van der Waals surface area contributed by atoms with Crippen molar-refractivity contribution in [1.29, 1.82) is 0 Å². The number of halogens is 4. The van der Waals surface area contributed by atoms with E-state index in [9.17, 15) is 22.8 Å². The summed E-state index contributed by atoms with van der Waals surface area (Å²) in [4.78, 5) is 28.6. The first-order chi connectivity index (χ1) is 19.0. The molecule has 2 saturated carbocycles. The summed E-state index contributed by atoms with van der Waals surface area (Å²) in [5.41, 5.74) is 5.52. The van der Waals surface area contributed by atoms with Crippen molar-refractivity contribution in [3.63, 3.8) is 0 Å². The van der Waals surface area contributed by atoms with E-state index >= 15 is 4.39 Å². The average molecular weight is 560 g/mol. The van der Waals surface area contributed by atoms with Gasteiger partial charge in [-0.3, -0.25) is 14.6 Å². The lowest BCUT2D eigenvalue weighted by molar-refractivity contribution is -0.274. The minimum atomic E-state index is -4.92. The predicted molar refractivity (Wildman–Crippen MR) is 135 cm³/mol. The van der Waals surface area contributed by atoms with Gasteiger partial charge in [-0.2, -0.15) is 0 Å². The topological polar surface area (TPSA) is 113 Å². The molecule has 3 unspecified atom stereocenters. The van der Waals surface area contributed by atoms with Crippen LogP contribution in [0.3, 0.4) is 0 Å². The van der Waals surface area contributed by atoms with Crippen LogP contribution in [0.1, 0.15) is 58.0 Å². The molecule has 2 aliphatic carbocycles. The molecule has 12 heteroatoms. The molecule has 2 amide bonds. The van der Waals surface area contributed by atoms with Crippen LogP contribution in [0.25, 0.3) is 0 Å². The van der Waals surface area contributed by atoms with Gasteiger partial charge < -0.3 is 25.3 Å². The maximum absolute atomic E-state index is 15.7. The van der Waals surface area contributed by atoms with Crippen LogP contribution in [0.15, 0.2) is 48.7 Å². The third kappa shape index (κ3) is 5.80. The lowest BCUT2D eigenvalue weighted by atomic mass is 9.83. The number of hydrogen-bond donors (Lipinski definition) is 2. The molecule has 2 bridgehead atoms. The molecule has 2 aliphatic rings. The summed E-state index contributed by atoms with van der Waals surface area (Å²) >= 11 is 0. The third-order valence-corrected chi connectivity index (χ3v) is 7.33. The van der Waals surface area contributed by atoms with E-state index in [1.807, 2.05) is 0 Å². The van der Waals surface area contributed by atoms with Gasteiger partial charge in [-0.15, -0.1) is 13.2 Å². The number of hydrogen-bond acceptors (Lipinski definition) is 6. The van der Waals surface area contributed by atoms with Crippen molar-refractivity contribution in [2.75, 3.05) is 12.4 Å². The van der Waals surface area contributed by atoms with Gasteiger partial charge in [0.2, 0.25) is 0 Å². The molecule has 3 atom stereocenters. The number of nitrogens with two attached hydrogens (primary N) is 1. The highest BCUT2D eigenvalue weighted by atomic mass is 19.4. The van der Waals surface area contributed by atoms with E-state index in [1.54, 1.807) is 6.07 Å². The number of nitrogens with one attached hydrogen (secondary N) is 1. The maximum Gasteiger partial charge on any atom is 0.573 e. The highest BCUT2D eigenvalue weighted by Crippen LogP contribution is 2.53. The molecule has 210 valence electrons. The zero-order chi connectivity index (χ0) is 28.6. The fourth-order valence-electron chi connectivity index (χ4n) is 5.65. The lowest BCUT2D eigenvalue weighted by Gasteiger charge is -2.24. The van der Waals surface area contributed by atoms with Crippen LogP contribution in [0.2, 0.25) is 0 Å². The van der Waals surface area contributed by atoms with E-state index in [-0.39, 0.29) is 34.5 Å². The summed E-state index contributed by atoms with van der Waals surface area (Å²) in [5, 5.41) is 2.52. The second-order valence-corrected chi connectivity index (χ2v) is 9.87. The van der Waals surface area contributed by atoms with Gasteiger partial charge in [0, 0.05) is 18.0 Å². The van der Waals surface area contributed by atoms with Crippen LogP contribution in [-0.2, 0) is 0 Å². The Kier molecular flexibility index (Phi) is 7.26. The maximum atomic E-state index is 15.7. The smallest absolute Gasteiger partial charge is 0.493 e. The molecule has 3 N–H and O–H groups in total. The number of fused-ring (bicyclic) bond motifs is 2. The van der Waals surface area contributed by atoms with Gasteiger partial charge in [0.05, 0.1) is 7.11 Å². The molecule has 0 spiro atoms. The number of aromatic nitrogens is 1. The zero-order valence-electron chi connectivity index (χ0n) is 21.3. The summed E-state index contributed by atoms with van der Waals surface area (Å²) in [7, 11) is 1.22. The van der Waals surface area contributed by atoms with Crippen molar-refractivity contribution >= 4 is 17.5 Å². The number of alkyl halides is 3. The first-order valence-electron chi connectivity index (χ1n) is 12.5. The van der Waals surface area contributed by atoms with Gasteiger partial charge in [-0.05, 0) is 79.0 Å². The molecule has 0 radical (unpaired) electrons. The Morgan fingerprint density at radius 2 is 1.82 bits per heavy atom. The quantitative estimate of drug-likeness (QED) is 0.319. The number of carbonyl (C=O) groups is 2. The number of rotatable bonds is 8. The van der Waals surface area contributed by atoms with Crippen LogP contribution < -0.4 is 25.3 Å². The fourth-order valence-corrected chi connectivity index (χ4v) is 5.65. The summed E-state index contributed by atoms with van der Waals surface area (Å²) in [6, 6.07) is 8.71. The van der Waals surface area contributed by atoms with Crippen molar-refractivity contribution in [3.05, 3.63) is 71.3 Å². The van der Waals surface area contributed by atoms with Gasteiger partial charge in [0.1, 0.15) is 28.6 Å². The molecule has 0 saturated heterocycles. The standard InChI is InChI=1S/C28H25F4N3O5/c1-38-23-13-18(40-28(30,31)32)4-5-22(23)39-24-11-16(19-9-14-2-3-15(19)8-14)10-20(29)25(24)27(37)35-17-6-7-34-21(12-17)26(33)36/h4-7,10-15,19H,2-3,8-9H2,1H3,(H2,33,36)(H,34,35,37). The second-order valence-electron chi connectivity index (χ2n) is 9.87. The zero-order valence-corrected chi connectivity index (χ0v) is 21.3. The molecule has 8 nitrogen and oxygen atoms in total. The predicted octanol–water partition coefficient (Wildman–Crippen LogP) is 6.18. The molecule has 0 aliphatic heterocycles. The Balaban J connectivity index is 1.52. The molecule has 40 heavy (non-hydrogen) atoms. The Hall–Kier alpha value is -4.35. The van der Waals surface area contributed by atoms with Crippen LogP contribution in [0.5, 0.6) is 23.0 Å². The van der Waals surface area contributed by atoms with E-state index in [2.05, 4.69) is 15.0 Å². The molecule has 3 aromatic rings. The number of benzene rings is 2. The Bertz CT molecular complexity index is 1460. The van der Waals surface area contributed by atoms with Gasteiger partial charge >= 0.3 is 6.36 Å². The van der Waals surface area contributed by atoms with Crippen molar-refractivity contribution in [2.24, 2.45) is 17.6 Å². The SMILES string of the molecule is COc1cc(OC(F)(F)F)ccc1Oc1cc(C2CC3CCC2C3)cc(F)c1C(=O)Nc1ccnc(C(N)=O)c1. The Morgan fingerprint density at radius 3 is 2.48 bits per heavy atom. The normalized spacial score (nSPS) is 19.8. The molecule has 1 heterocycles. The van der Waals surface area contributed by atoms with E-state index in [4.69, 9.17) is 15.2 Å². The first-order valence-corrected chi connectivity index (χ1v) is 12.5. The first kappa shape index (κ1) is 27.2. The Labute approximate surface area is 226 Å². The van der Waals surface area contributed by atoms with Crippen molar-refractivity contribution in [3.8, 4) is 23.0 Å². The summed E-state index contributed by atoms with van der Waals surface area (Å²) in [5.74, 6) is -2.36. The number of pyridine rings is 1. The highest BCUT2D eigenvalue weighted by molar-refractivity contribution is 6.07. The number of amides is 2. The highest BCUT2D eigenvalue weighted by Gasteiger charge is 2.41. The number of anilines is 1. The van der Waals surface area contributed by atoms with Crippen LogP contribution in [-0.4, -0.2) is 30.3 Å². The molecule has 1 aromatic heterocycles. The summed E-state index contributed by atoms with van der Waals surface area (Å²) < 4.78 is 68.9. The largest absolute Gasteiger partial charge is 0.573 e. The fraction of sp³-hybridized carbons (Fsp3) is 0.321. The van der Waals surface area contributed by atoms with E-state index in [0.717, 1.165) is 37.8 Å². The Morgan fingerprint density at radius 1 is 1.02 bits per heavy atom. The van der Waals surface area contributed by atoms with Crippen LogP contribution >= 0.6 is 0 Å². The molecule has 2 fully saturated rings. The summed E-state index contributed by atoms with van der Waals surface area (Å²) in [6.45, 7) is 0. The molecular weight excluding hydrogens is 534 g/mol. The van der Waals surface area contributed by atoms with Crippen LogP contribution in [0, 0.1) is 17.7 Å². The van der Waals surface area contributed by atoms with Crippen LogP contribution in [0.4, 0.5) is 23.2 Å². The number of primary amides is 1. The molecule has 5 rings (SSSR count). The van der Waals surface area contributed by atoms with Gasteiger partial charge in [0.15, 0.2) is 11.5 Å². The van der Waals surface area contributed by atoms with E-state index in [0.29, 0.717) is 17.4 Å². The van der Waals surface area contributed by atoms with Crippen molar-refractivity contribution in [2.45, 2.75) is 38.0 Å². The molecular formula is C28H25F4N3O5. The van der Waals surface area contributed by atoms with Gasteiger partial charge in [0.25, 0.3) is 11.8 Å². The lowest BCUT2D eigenvalue weighted by Crippen LogP contribution is -2.18. The average Bonchev–Trinajstić information content (AvgIpc) is 3.52. The number of methoxy groups -OCH3 is 1. The third-order valence-electron chi connectivity index (χ3n) is 7.33. The van der Waals surface area contributed by atoms with Crippen molar-refractivity contribution in [1.82, 2.24) is 4.98 Å². The van der Waals surface area contributed by atoms with E-state index in [1.165, 1.54) is 37.6 Å². The van der Waals surface area contributed by atoms with Crippen molar-refractivity contribution < 1.29 is 41.4 Å². The second kappa shape index (κ2) is 10.7. The summed E-state index contributed by atoms with van der Waals surface area (Å²) in [6.07, 6.45) is 0.470. The number of carbonyl (C=O) groups excluding carboxylic acids is 2. The number of nitrogens with zero attached hydrogens (tertiary/aromatic N) is 1. The van der Waals surface area contributed by atoms with Gasteiger partial charge in [-0.1, -0.05) is 6.42 Å². The molecule has 2 aromatic carbocycles. The van der Waals surface area contributed by atoms with Gasteiger partial charge in [-0.25, -0.2) is 4.39 Å². The van der Waals surface area contributed by atoms with E-state index < -0.39 is 35.3 Å².